The maximum absolute atomic E-state index is 5.98. The monoisotopic (exact) mass is 288 g/mol. The summed E-state index contributed by atoms with van der Waals surface area (Å²) in [6.45, 7) is 8.96. The van der Waals surface area contributed by atoms with Crippen LogP contribution in [0.5, 0.6) is 0 Å². The van der Waals surface area contributed by atoms with Gasteiger partial charge in [-0.2, -0.15) is 0 Å². The van der Waals surface area contributed by atoms with Crippen LogP contribution in [0.4, 0.5) is 0 Å². The summed E-state index contributed by atoms with van der Waals surface area (Å²) in [4.78, 5) is 3.82. The van der Waals surface area contributed by atoms with Gasteiger partial charge in [0.2, 0.25) is 0 Å². The van der Waals surface area contributed by atoms with Gasteiger partial charge in [0, 0.05) is 36.6 Å². The lowest BCUT2D eigenvalue weighted by molar-refractivity contribution is -0.0110. The van der Waals surface area contributed by atoms with Crippen molar-refractivity contribution >= 4 is 22.9 Å². The van der Waals surface area contributed by atoms with Gasteiger partial charge in [-0.1, -0.05) is 25.4 Å². The first-order valence-electron chi connectivity index (χ1n) is 6.44. The summed E-state index contributed by atoms with van der Waals surface area (Å²) in [6.07, 6.45) is 0. The lowest BCUT2D eigenvalue weighted by Crippen LogP contribution is -2.50. The molecule has 1 unspecified atom stereocenters. The predicted octanol–water partition coefficient (Wildman–Crippen LogP) is 2.60. The minimum atomic E-state index is 0.460. The summed E-state index contributed by atoms with van der Waals surface area (Å²) in [6, 6.07) is 5.07. The zero-order valence-electron chi connectivity index (χ0n) is 11.0. The average Bonchev–Trinajstić information content (AvgIpc) is 2.73. The maximum Gasteiger partial charge on any atom is 0.0931 e. The van der Waals surface area contributed by atoms with Crippen LogP contribution in [-0.4, -0.2) is 43.3 Å². The Bertz CT molecular complexity index is 370. The Balaban J connectivity index is 1.90. The Morgan fingerprint density at radius 2 is 2.39 bits per heavy atom. The summed E-state index contributed by atoms with van der Waals surface area (Å²) >= 11 is 7.65. The van der Waals surface area contributed by atoms with Gasteiger partial charge in [-0.15, -0.1) is 11.3 Å². The van der Waals surface area contributed by atoms with Crippen LogP contribution < -0.4 is 5.32 Å². The molecular weight excluding hydrogens is 268 g/mol. The Morgan fingerprint density at radius 3 is 3.06 bits per heavy atom. The number of halogens is 1. The molecule has 1 N–H and O–H groups in total. The first kappa shape index (κ1) is 14.3. The zero-order chi connectivity index (χ0) is 13.0. The van der Waals surface area contributed by atoms with E-state index in [2.05, 4.69) is 30.1 Å². The molecule has 2 heterocycles. The Morgan fingerprint density at radius 1 is 1.56 bits per heavy atom. The van der Waals surface area contributed by atoms with Gasteiger partial charge in [-0.25, -0.2) is 0 Å². The first-order valence-corrected chi connectivity index (χ1v) is 7.64. The molecule has 1 aromatic rings. The van der Waals surface area contributed by atoms with E-state index in [1.807, 2.05) is 6.07 Å². The first-order chi connectivity index (χ1) is 8.65. The Labute approximate surface area is 118 Å². The van der Waals surface area contributed by atoms with Crippen molar-refractivity contribution < 1.29 is 4.74 Å². The van der Waals surface area contributed by atoms with Gasteiger partial charge in [0.05, 0.1) is 17.6 Å². The molecule has 3 nitrogen and oxygen atoms in total. The molecule has 1 fully saturated rings. The number of nitrogens with one attached hydrogen (secondary N) is 1. The summed E-state index contributed by atoms with van der Waals surface area (Å²) in [5.74, 6) is 0. The zero-order valence-corrected chi connectivity index (χ0v) is 12.6. The van der Waals surface area contributed by atoms with E-state index in [0.717, 1.165) is 37.2 Å². The second-order valence-electron chi connectivity index (χ2n) is 4.97. The number of hydrogen-bond donors (Lipinski definition) is 1. The summed E-state index contributed by atoms with van der Waals surface area (Å²) in [7, 11) is 0. The molecule has 1 atom stereocenters. The fourth-order valence-corrected chi connectivity index (χ4v) is 3.21. The van der Waals surface area contributed by atoms with Crippen LogP contribution >= 0.6 is 22.9 Å². The number of rotatable bonds is 5. The lowest BCUT2D eigenvalue weighted by Gasteiger charge is -2.35. The minimum absolute atomic E-state index is 0.460. The predicted molar refractivity (Wildman–Crippen MR) is 77.5 cm³/mol. The number of ether oxygens (including phenoxy) is 1. The van der Waals surface area contributed by atoms with Crippen molar-refractivity contribution in [2.45, 2.75) is 32.5 Å². The maximum atomic E-state index is 5.98. The third-order valence-corrected chi connectivity index (χ3v) is 4.31. The molecule has 102 valence electrons. The van der Waals surface area contributed by atoms with Crippen LogP contribution in [0.2, 0.25) is 4.34 Å². The highest BCUT2D eigenvalue weighted by molar-refractivity contribution is 7.16. The molecule has 1 aliphatic rings. The number of morpholine rings is 1. The molecule has 0 aliphatic carbocycles. The van der Waals surface area contributed by atoms with Gasteiger partial charge in [0.1, 0.15) is 0 Å². The third-order valence-electron chi connectivity index (χ3n) is 3.10. The van der Waals surface area contributed by atoms with E-state index >= 15 is 0 Å². The fraction of sp³-hybridized carbons (Fsp3) is 0.692. The quantitative estimate of drug-likeness (QED) is 0.901. The standard InChI is InChI=1S/C13H21ClN2OS/c1-10(2)15-7-11-9-17-6-5-16(11)8-12-3-4-13(14)18-12/h3-4,10-11,15H,5-9H2,1-2H3. The van der Waals surface area contributed by atoms with Crippen LogP contribution in [0.1, 0.15) is 18.7 Å². The molecule has 1 saturated heterocycles. The number of hydrogen-bond acceptors (Lipinski definition) is 4. The Hall–Kier alpha value is -0.130. The molecule has 1 aromatic heterocycles. The molecule has 0 radical (unpaired) electrons. The van der Waals surface area contributed by atoms with Crippen molar-refractivity contribution in [1.29, 1.82) is 0 Å². The van der Waals surface area contributed by atoms with E-state index in [1.165, 1.54) is 4.88 Å². The lowest BCUT2D eigenvalue weighted by atomic mass is 10.2. The van der Waals surface area contributed by atoms with Gasteiger partial charge >= 0.3 is 0 Å². The van der Waals surface area contributed by atoms with E-state index in [9.17, 15) is 0 Å². The van der Waals surface area contributed by atoms with Crippen molar-refractivity contribution in [2.75, 3.05) is 26.3 Å². The topological polar surface area (TPSA) is 24.5 Å². The van der Waals surface area contributed by atoms with E-state index in [0.29, 0.717) is 12.1 Å². The van der Waals surface area contributed by atoms with Crippen LogP contribution in [0.15, 0.2) is 12.1 Å². The summed E-state index contributed by atoms with van der Waals surface area (Å²) < 4.78 is 6.45. The SMILES string of the molecule is CC(C)NCC1COCCN1Cc1ccc(Cl)s1. The van der Waals surface area contributed by atoms with Gasteiger partial charge in [-0.05, 0) is 12.1 Å². The van der Waals surface area contributed by atoms with Crippen molar-refractivity contribution in [1.82, 2.24) is 10.2 Å². The molecular formula is C13H21ClN2OS. The van der Waals surface area contributed by atoms with Crippen molar-refractivity contribution in [3.63, 3.8) is 0 Å². The Kier molecular flexibility index (Phi) is 5.45. The van der Waals surface area contributed by atoms with Crippen LogP contribution in [0, 0.1) is 0 Å². The minimum Gasteiger partial charge on any atom is -0.378 e. The van der Waals surface area contributed by atoms with Crippen molar-refractivity contribution in [2.24, 2.45) is 0 Å². The molecule has 0 bridgehead atoms. The molecule has 18 heavy (non-hydrogen) atoms. The summed E-state index contributed by atoms with van der Waals surface area (Å²) in [5.41, 5.74) is 0. The van der Waals surface area contributed by atoms with Crippen LogP contribution in [-0.2, 0) is 11.3 Å². The second kappa shape index (κ2) is 6.87. The molecule has 2 rings (SSSR count). The largest absolute Gasteiger partial charge is 0.378 e. The van der Waals surface area contributed by atoms with E-state index < -0.39 is 0 Å². The van der Waals surface area contributed by atoms with Gasteiger partial charge in [0.25, 0.3) is 0 Å². The molecule has 0 saturated carbocycles. The highest BCUT2D eigenvalue weighted by Gasteiger charge is 2.23. The van der Waals surface area contributed by atoms with E-state index in [4.69, 9.17) is 16.3 Å². The number of nitrogens with zero attached hydrogens (tertiary/aromatic N) is 1. The molecule has 0 spiro atoms. The fourth-order valence-electron chi connectivity index (χ4n) is 2.09. The normalized spacial score (nSPS) is 21.7. The van der Waals surface area contributed by atoms with Gasteiger partial charge in [-0.3, -0.25) is 4.90 Å². The highest BCUT2D eigenvalue weighted by atomic mass is 35.5. The van der Waals surface area contributed by atoms with Gasteiger partial charge in [0.15, 0.2) is 0 Å². The molecule has 5 heteroatoms. The van der Waals surface area contributed by atoms with Gasteiger partial charge < -0.3 is 10.1 Å². The number of thiophene rings is 1. The molecule has 0 amide bonds. The second-order valence-corrected chi connectivity index (χ2v) is 6.77. The van der Waals surface area contributed by atoms with Crippen LogP contribution in [0.3, 0.4) is 0 Å². The molecule has 0 aromatic carbocycles. The van der Waals surface area contributed by atoms with Crippen molar-refractivity contribution in [3.8, 4) is 0 Å². The van der Waals surface area contributed by atoms with Crippen molar-refractivity contribution in [3.05, 3.63) is 21.3 Å². The smallest absolute Gasteiger partial charge is 0.0931 e. The molecule has 1 aliphatic heterocycles. The third kappa shape index (κ3) is 4.21. The average molecular weight is 289 g/mol. The van der Waals surface area contributed by atoms with Crippen LogP contribution in [0.25, 0.3) is 0 Å². The summed E-state index contributed by atoms with van der Waals surface area (Å²) in [5, 5.41) is 3.49. The highest BCUT2D eigenvalue weighted by Crippen LogP contribution is 2.23. The van der Waals surface area contributed by atoms with E-state index in [1.54, 1.807) is 11.3 Å². The van der Waals surface area contributed by atoms with E-state index in [-0.39, 0.29) is 0 Å².